The Hall–Kier alpha value is -6.98. The number of ether oxygens (including phenoxy) is 4. The first-order chi connectivity index (χ1) is 29.6. The number of esters is 2. The van der Waals surface area contributed by atoms with Crippen molar-refractivity contribution in [3.8, 4) is 0 Å². The molecule has 0 unspecified atom stereocenters. The summed E-state index contributed by atoms with van der Waals surface area (Å²) >= 11 is 0. The summed E-state index contributed by atoms with van der Waals surface area (Å²) in [6.07, 6.45) is 0.537. The Kier molecular flexibility index (Phi) is 19.5. The Balaban J connectivity index is 0.000000240. The van der Waals surface area contributed by atoms with E-state index in [1.54, 1.807) is 9.80 Å². The monoisotopic (exact) mass is 841 g/mol. The zero-order valence-corrected chi connectivity index (χ0v) is 34.3. The van der Waals surface area contributed by atoms with Crippen LogP contribution in [0.25, 0.3) is 0 Å². The second-order valence-corrected chi connectivity index (χ2v) is 13.6. The van der Waals surface area contributed by atoms with Crippen LogP contribution in [0.5, 0.6) is 0 Å². The number of aldehydes is 1. The molecule has 17 heteroatoms. The van der Waals surface area contributed by atoms with Crippen LogP contribution in [-0.2, 0) is 59.6 Å². The molecule has 0 aliphatic carbocycles. The number of nitrogens with one attached hydrogen (secondary N) is 1. The number of rotatable bonds is 12. The quantitative estimate of drug-likeness (QED) is 0.0268. The van der Waals surface area contributed by atoms with Gasteiger partial charge in [-0.15, -0.1) is 0 Å². The molecule has 324 valence electrons. The summed E-state index contributed by atoms with van der Waals surface area (Å²) in [5.41, 5.74) is 8.09. The molecule has 0 aromatic heterocycles. The van der Waals surface area contributed by atoms with Crippen molar-refractivity contribution in [2.45, 2.75) is 26.3 Å². The maximum atomic E-state index is 12.3. The second kappa shape index (κ2) is 25.5. The number of hydrogen-bond acceptors (Lipinski definition) is 14. The number of carbonyl (C=O) groups is 5. The van der Waals surface area contributed by atoms with E-state index in [2.05, 4.69) is 24.8 Å². The van der Waals surface area contributed by atoms with Gasteiger partial charge in [-0.25, -0.2) is 24.7 Å². The Morgan fingerprint density at radius 1 is 0.607 bits per heavy atom. The predicted molar refractivity (Wildman–Crippen MR) is 224 cm³/mol. The smallest absolute Gasteiger partial charge is 0.410 e. The van der Waals surface area contributed by atoms with Crippen LogP contribution in [0.3, 0.4) is 0 Å². The first-order valence-electron chi connectivity index (χ1n) is 19.5. The van der Waals surface area contributed by atoms with Crippen LogP contribution in [0.4, 0.5) is 21.0 Å². The van der Waals surface area contributed by atoms with E-state index >= 15 is 0 Å². The number of benzene rings is 4. The van der Waals surface area contributed by atoms with E-state index in [-0.39, 0.29) is 31.6 Å². The van der Waals surface area contributed by atoms with Crippen LogP contribution < -0.4 is 15.3 Å². The predicted octanol–water partition coefficient (Wildman–Crippen LogP) is 4.27. The molecule has 0 saturated carbocycles. The average molecular weight is 842 g/mol. The van der Waals surface area contributed by atoms with Gasteiger partial charge in [-0.1, -0.05) is 84.9 Å². The maximum absolute atomic E-state index is 12.3. The highest BCUT2D eigenvalue weighted by molar-refractivity contribution is 6.20. The lowest BCUT2D eigenvalue weighted by Gasteiger charge is -2.35. The fraction of sp³-hybridized carbons (Fsp3) is 0.318. The van der Waals surface area contributed by atoms with Crippen molar-refractivity contribution in [2.24, 2.45) is 0 Å². The number of nitrogens with zero attached hydrogens (tertiary/aromatic N) is 5. The van der Waals surface area contributed by atoms with Gasteiger partial charge in [-0.05, 0) is 45.7 Å². The zero-order valence-electron chi connectivity index (χ0n) is 34.3. The van der Waals surface area contributed by atoms with Crippen LogP contribution in [0.15, 0.2) is 109 Å². The molecule has 6 rings (SSSR count). The fourth-order valence-electron chi connectivity index (χ4n) is 6.18. The summed E-state index contributed by atoms with van der Waals surface area (Å²) in [5, 5.41) is 18.7. The average Bonchev–Trinajstić information content (AvgIpc) is 3.31. The van der Waals surface area contributed by atoms with E-state index in [0.29, 0.717) is 52.4 Å². The van der Waals surface area contributed by atoms with Gasteiger partial charge in [0.05, 0.1) is 14.2 Å². The minimum absolute atomic E-state index is 0.111. The number of anilines is 2. The van der Waals surface area contributed by atoms with Crippen LogP contribution >= 0.6 is 0 Å². The van der Waals surface area contributed by atoms with Gasteiger partial charge < -0.3 is 43.8 Å². The molecular weight excluding hydrogens is 789 g/mol. The van der Waals surface area contributed by atoms with Crippen LogP contribution in [-0.4, -0.2) is 128 Å². The van der Waals surface area contributed by atoms with E-state index < -0.39 is 11.9 Å². The van der Waals surface area contributed by atoms with Crippen molar-refractivity contribution in [1.29, 1.82) is 0 Å². The summed E-state index contributed by atoms with van der Waals surface area (Å²) in [5.74, 6) is -1.46. The molecule has 2 aliphatic rings. The first kappa shape index (κ1) is 46.7. The fourth-order valence-corrected chi connectivity index (χ4v) is 6.18. The van der Waals surface area contributed by atoms with Crippen molar-refractivity contribution < 1.29 is 58.1 Å². The molecule has 2 fully saturated rings. The third-order valence-corrected chi connectivity index (χ3v) is 9.42. The Bertz CT molecular complexity index is 2020. The molecular formula is C44H53N6O11+. The van der Waals surface area contributed by atoms with E-state index in [1.165, 1.54) is 7.11 Å². The third kappa shape index (κ3) is 16.3. The maximum Gasteiger partial charge on any atom is 0.410 e. The molecule has 2 aliphatic heterocycles. The number of piperazine rings is 2. The number of carbonyl (C=O) groups excluding carboxylic acids is 5. The lowest BCUT2D eigenvalue weighted by Crippen LogP contribution is -2.49. The summed E-state index contributed by atoms with van der Waals surface area (Å²) in [4.78, 5) is 62.5. The van der Waals surface area contributed by atoms with Crippen molar-refractivity contribution in [3.63, 3.8) is 0 Å². The van der Waals surface area contributed by atoms with Crippen LogP contribution in [0.1, 0.15) is 22.3 Å². The molecule has 0 atom stereocenters. The summed E-state index contributed by atoms with van der Waals surface area (Å²) < 4.78 is 20.0. The van der Waals surface area contributed by atoms with E-state index in [4.69, 9.17) is 14.7 Å². The molecule has 4 aromatic rings. The first-order valence-corrected chi connectivity index (χ1v) is 19.5. The van der Waals surface area contributed by atoms with Crippen molar-refractivity contribution in [2.75, 3.05) is 76.4 Å². The van der Waals surface area contributed by atoms with Gasteiger partial charge in [-0.2, -0.15) is 0 Å². The van der Waals surface area contributed by atoms with Crippen molar-refractivity contribution in [1.82, 2.24) is 15.3 Å². The van der Waals surface area contributed by atoms with Gasteiger partial charge >= 0.3 is 24.1 Å². The minimum atomic E-state index is -0.838. The molecule has 61 heavy (non-hydrogen) atoms. The summed E-state index contributed by atoms with van der Waals surface area (Å²) in [7, 11) is 2.40. The highest BCUT2D eigenvalue weighted by Gasteiger charge is 2.24. The van der Waals surface area contributed by atoms with Gasteiger partial charge in [0.2, 0.25) is 12.8 Å². The Labute approximate surface area is 354 Å². The lowest BCUT2D eigenvalue weighted by atomic mass is 10.1. The Morgan fingerprint density at radius 2 is 1.03 bits per heavy atom. The molecule has 2 amide bonds. The van der Waals surface area contributed by atoms with Crippen molar-refractivity contribution >= 4 is 48.0 Å². The Morgan fingerprint density at radius 3 is 1.44 bits per heavy atom. The van der Waals surface area contributed by atoms with E-state index in [9.17, 15) is 29.2 Å². The third-order valence-electron chi connectivity index (χ3n) is 9.42. The molecule has 4 aromatic carbocycles. The standard InChI is InChI=1S/C22H26N3O5.C19H23N3O3.C3H4O3/c1-29-21(26)16-25(28)15-19-8-5-9-20(14-19)23-10-12-24(13-11-23)22(27)30-17-18-6-3-2-4-7-18;23-19(25-15-16-5-2-1-3-6-16)22-11-9-21(10-12-22)18-8-4-7-17(13-18)14-20-24;1-6-3(5)2-4/h2-9,14,16,28H,10-13,15,17H2,1H3;1-8,13,20,24H,9-12,14-15H2;2H,1H3/q+1;;/b25-16-;;. The zero-order chi connectivity index (χ0) is 43.8. The molecule has 2 saturated heterocycles. The van der Waals surface area contributed by atoms with Gasteiger partial charge in [0, 0.05) is 75.8 Å². The van der Waals surface area contributed by atoms with Gasteiger partial charge in [0.1, 0.15) is 13.2 Å². The highest BCUT2D eigenvalue weighted by atomic mass is 16.6. The van der Waals surface area contributed by atoms with E-state index in [1.807, 2.05) is 109 Å². The molecule has 0 radical (unpaired) electrons. The minimum Gasteiger partial charge on any atom is -0.463 e. The largest absolute Gasteiger partial charge is 0.463 e. The van der Waals surface area contributed by atoms with Gasteiger partial charge in [-0.3, -0.25) is 10.0 Å². The van der Waals surface area contributed by atoms with Gasteiger partial charge in [0.15, 0.2) is 0 Å². The summed E-state index contributed by atoms with van der Waals surface area (Å²) in [6, 6.07) is 35.0. The SMILES string of the molecule is COC(=O)/C=[N+](\O)Cc1cccc(N2CCN(C(=O)OCc3ccccc3)CC2)c1.COC(=O)C=O.O=C(OCc1ccccc1)N1CCN(c2cccc(CNO)c2)CC1. The summed E-state index contributed by atoms with van der Waals surface area (Å²) in [6.45, 7) is 6.44. The molecule has 2 heterocycles. The topological polar surface area (TPSA) is 191 Å². The molecule has 0 bridgehead atoms. The number of amides is 2. The van der Waals surface area contributed by atoms with Gasteiger partial charge in [0.25, 0.3) is 6.21 Å². The van der Waals surface area contributed by atoms with E-state index in [0.717, 1.165) is 64.8 Å². The highest BCUT2D eigenvalue weighted by Crippen LogP contribution is 2.20. The van der Waals surface area contributed by atoms with Crippen LogP contribution in [0, 0.1) is 0 Å². The molecule has 0 spiro atoms. The second-order valence-electron chi connectivity index (χ2n) is 13.6. The lowest BCUT2D eigenvalue weighted by molar-refractivity contribution is -0.783. The molecule has 17 nitrogen and oxygen atoms in total. The number of hydrogen-bond donors (Lipinski definition) is 3. The van der Waals surface area contributed by atoms with Crippen molar-refractivity contribution in [3.05, 3.63) is 131 Å². The normalized spacial score (nSPS) is 13.7. The molecule has 3 N–H and O–H groups in total. The number of methoxy groups -OCH3 is 2. The van der Waals surface area contributed by atoms with Crippen LogP contribution in [0.2, 0.25) is 0 Å². The number of hydroxylamine groups is 2.